The maximum atomic E-state index is 12.4. The first kappa shape index (κ1) is 28.7. The number of quaternary nitrogens is 2. The van der Waals surface area contributed by atoms with Gasteiger partial charge in [-0.25, -0.2) is 0 Å². The summed E-state index contributed by atoms with van der Waals surface area (Å²) >= 11 is 0. The SMILES string of the molecule is CC(=O)O[C@H]1[C@@H]([N+]2(C)CCOCC2)C[C@H]2[C@@H]3CC[C@H]4C[C@@H]([N+](C)(C)Cc5ccccc5)CC[C@]4(C)[C@H]3CC[C@@]21C. The molecule has 0 spiro atoms. The van der Waals surface area contributed by atoms with Gasteiger partial charge in [0.1, 0.15) is 25.7 Å². The Morgan fingerprint density at radius 1 is 0.975 bits per heavy atom. The standard InChI is InChI=1S/C35H56N2O3/c1-25(38)40-33-32(37(6)18-20-39-21-19-37)23-31-29-13-12-27-22-28(36(4,5)24-26-10-8-7-9-11-26)14-16-34(27,2)30(29)15-17-35(31,33)3/h7-11,27-33H,12-24H2,1-6H3/q+2/t27-,28-,29+,30-,31-,32-,33-,34-,35-/m0/s1. The van der Waals surface area contributed by atoms with Gasteiger partial charge in [-0.15, -0.1) is 0 Å². The van der Waals surface area contributed by atoms with Gasteiger partial charge in [-0.3, -0.25) is 4.79 Å². The quantitative estimate of drug-likeness (QED) is 0.329. The monoisotopic (exact) mass is 552 g/mol. The zero-order chi connectivity index (χ0) is 28.3. The summed E-state index contributed by atoms with van der Waals surface area (Å²) in [4.78, 5) is 12.4. The second-order valence-corrected chi connectivity index (χ2v) is 15.9. The Morgan fingerprint density at radius 3 is 2.38 bits per heavy atom. The molecule has 0 aromatic heterocycles. The van der Waals surface area contributed by atoms with Crippen molar-refractivity contribution < 1.29 is 23.2 Å². The van der Waals surface area contributed by atoms with Crippen LogP contribution in [0, 0.1) is 34.5 Å². The van der Waals surface area contributed by atoms with E-state index in [2.05, 4.69) is 65.3 Å². The molecule has 9 atom stereocenters. The van der Waals surface area contributed by atoms with Crippen LogP contribution in [0.4, 0.5) is 0 Å². The highest BCUT2D eigenvalue weighted by Gasteiger charge is 2.67. The fourth-order valence-electron chi connectivity index (χ4n) is 11.1. The van der Waals surface area contributed by atoms with Crippen LogP contribution in [0.25, 0.3) is 0 Å². The molecule has 0 radical (unpaired) electrons. The van der Waals surface area contributed by atoms with Crippen LogP contribution < -0.4 is 0 Å². The maximum absolute atomic E-state index is 12.4. The maximum Gasteiger partial charge on any atom is 0.303 e. The lowest BCUT2D eigenvalue weighted by molar-refractivity contribution is -0.942. The molecule has 4 aliphatic carbocycles. The fourth-order valence-corrected chi connectivity index (χ4v) is 11.1. The number of likely N-dealkylation sites (N-methyl/N-ethyl adjacent to an activating group) is 1. The van der Waals surface area contributed by atoms with Gasteiger partial charge in [-0.1, -0.05) is 44.2 Å². The van der Waals surface area contributed by atoms with E-state index < -0.39 is 0 Å². The molecule has 0 amide bonds. The number of morpholine rings is 1. The van der Waals surface area contributed by atoms with Crippen LogP contribution in [0.3, 0.4) is 0 Å². The number of benzene rings is 1. The van der Waals surface area contributed by atoms with Crippen molar-refractivity contribution in [3.63, 3.8) is 0 Å². The average Bonchev–Trinajstić information content (AvgIpc) is 3.21. The largest absolute Gasteiger partial charge is 0.456 e. The Balaban J connectivity index is 1.21. The normalized spacial score (nSPS) is 42.8. The minimum absolute atomic E-state index is 0.0383. The lowest BCUT2D eigenvalue weighted by atomic mass is 9.45. The van der Waals surface area contributed by atoms with E-state index in [-0.39, 0.29) is 17.5 Å². The third-order valence-corrected chi connectivity index (χ3v) is 13.6. The molecule has 1 saturated heterocycles. The van der Waals surface area contributed by atoms with Crippen molar-refractivity contribution in [2.75, 3.05) is 47.4 Å². The second kappa shape index (κ2) is 10.4. The lowest BCUT2D eigenvalue weighted by Crippen LogP contribution is -2.62. The average molecular weight is 553 g/mol. The van der Waals surface area contributed by atoms with Crippen LogP contribution in [-0.2, 0) is 20.8 Å². The molecule has 222 valence electrons. The molecule has 1 aliphatic heterocycles. The molecule has 4 saturated carbocycles. The summed E-state index contributed by atoms with van der Waals surface area (Å²) < 4.78 is 14.2. The molecule has 5 nitrogen and oxygen atoms in total. The molecule has 1 aromatic carbocycles. The van der Waals surface area contributed by atoms with Gasteiger partial charge in [0.05, 0.1) is 40.4 Å². The number of carbonyl (C=O) groups excluding carboxylic acids is 1. The molecule has 6 rings (SSSR count). The van der Waals surface area contributed by atoms with E-state index in [1.54, 1.807) is 6.92 Å². The van der Waals surface area contributed by atoms with Crippen LogP contribution in [0.5, 0.6) is 0 Å². The molecular weight excluding hydrogens is 496 g/mol. The topological polar surface area (TPSA) is 35.5 Å². The van der Waals surface area contributed by atoms with E-state index in [9.17, 15) is 4.79 Å². The van der Waals surface area contributed by atoms with Crippen LogP contribution in [0.1, 0.15) is 77.7 Å². The van der Waals surface area contributed by atoms with Crippen molar-refractivity contribution in [1.29, 1.82) is 0 Å². The Kier molecular flexibility index (Phi) is 7.44. The Morgan fingerprint density at radius 2 is 1.68 bits per heavy atom. The summed E-state index contributed by atoms with van der Waals surface area (Å²) in [7, 11) is 7.36. The minimum Gasteiger partial charge on any atom is -0.456 e. The van der Waals surface area contributed by atoms with Crippen molar-refractivity contribution in [1.82, 2.24) is 0 Å². The number of hydrogen-bond donors (Lipinski definition) is 0. The highest BCUT2D eigenvalue weighted by molar-refractivity contribution is 5.66. The molecule has 5 aliphatic rings. The van der Waals surface area contributed by atoms with E-state index in [4.69, 9.17) is 9.47 Å². The van der Waals surface area contributed by atoms with Crippen LogP contribution >= 0.6 is 0 Å². The summed E-state index contributed by atoms with van der Waals surface area (Å²) in [5.74, 6) is 3.01. The number of carbonyl (C=O) groups is 1. The highest BCUT2D eigenvalue weighted by Crippen LogP contribution is 2.67. The summed E-state index contributed by atoms with van der Waals surface area (Å²) in [6.45, 7) is 11.7. The minimum atomic E-state index is -0.0934. The molecule has 1 aromatic rings. The van der Waals surface area contributed by atoms with Crippen molar-refractivity contribution in [3.05, 3.63) is 35.9 Å². The van der Waals surface area contributed by atoms with Crippen molar-refractivity contribution in [3.8, 4) is 0 Å². The van der Waals surface area contributed by atoms with Crippen molar-refractivity contribution >= 4 is 5.97 Å². The summed E-state index contributed by atoms with van der Waals surface area (Å²) in [6.07, 6.45) is 10.7. The van der Waals surface area contributed by atoms with E-state index in [1.807, 2.05) is 0 Å². The van der Waals surface area contributed by atoms with Gasteiger partial charge in [-0.2, -0.15) is 0 Å². The summed E-state index contributed by atoms with van der Waals surface area (Å²) in [5.41, 5.74) is 2.03. The van der Waals surface area contributed by atoms with E-state index in [1.165, 1.54) is 56.9 Å². The van der Waals surface area contributed by atoms with Crippen molar-refractivity contribution in [2.45, 2.75) is 96.9 Å². The summed E-state index contributed by atoms with van der Waals surface area (Å²) in [5, 5.41) is 0. The first-order chi connectivity index (χ1) is 19.0. The molecule has 0 unspecified atom stereocenters. The van der Waals surface area contributed by atoms with Gasteiger partial charge in [-0.05, 0) is 67.6 Å². The number of nitrogens with zero attached hydrogens (tertiary/aromatic N) is 2. The third-order valence-electron chi connectivity index (χ3n) is 13.6. The number of hydrogen-bond acceptors (Lipinski definition) is 3. The van der Waals surface area contributed by atoms with Gasteiger partial charge >= 0.3 is 5.97 Å². The molecular formula is C35H56N2O3+2. The van der Waals surface area contributed by atoms with E-state index in [0.29, 0.717) is 17.4 Å². The zero-order valence-electron chi connectivity index (χ0n) is 26.2. The smallest absolute Gasteiger partial charge is 0.303 e. The Labute approximate surface area is 243 Å². The number of rotatable bonds is 5. The van der Waals surface area contributed by atoms with E-state index in [0.717, 1.165) is 65.6 Å². The van der Waals surface area contributed by atoms with Crippen LogP contribution in [0.15, 0.2) is 30.3 Å². The Bertz CT molecular complexity index is 1070. The Hall–Kier alpha value is -1.43. The molecule has 0 bridgehead atoms. The summed E-state index contributed by atoms with van der Waals surface area (Å²) in [6, 6.07) is 12.3. The second-order valence-electron chi connectivity index (χ2n) is 15.9. The predicted octanol–water partition coefficient (Wildman–Crippen LogP) is 6.06. The van der Waals surface area contributed by atoms with Gasteiger partial charge in [0.2, 0.25) is 0 Å². The molecule has 5 fully saturated rings. The van der Waals surface area contributed by atoms with Gasteiger partial charge in [0.25, 0.3) is 0 Å². The van der Waals surface area contributed by atoms with Gasteiger partial charge in [0.15, 0.2) is 6.10 Å². The number of ether oxygens (including phenoxy) is 2. The van der Waals surface area contributed by atoms with Crippen LogP contribution in [-0.4, -0.2) is 80.6 Å². The van der Waals surface area contributed by atoms with Crippen LogP contribution in [0.2, 0.25) is 0 Å². The third kappa shape index (κ3) is 4.76. The first-order valence-electron chi connectivity index (χ1n) is 16.4. The van der Waals surface area contributed by atoms with E-state index >= 15 is 0 Å². The molecule has 0 N–H and O–H groups in total. The van der Waals surface area contributed by atoms with Gasteiger partial charge < -0.3 is 18.4 Å². The highest BCUT2D eigenvalue weighted by atomic mass is 16.5. The molecule has 40 heavy (non-hydrogen) atoms. The van der Waals surface area contributed by atoms with Crippen molar-refractivity contribution in [2.24, 2.45) is 34.5 Å². The fraction of sp³-hybridized carbons (Fsp3) is 0.800. The first-order valence-corrected chi connectivity index (χ1v) is 16.4. The molecule has 5 heteroatoms. The molecule has 1 heterocycles. The zero-order valence-corrected chi connectivity index (χ0v) is 26.2. The number of fused-ring (bicyclic) bond motifs is 5. The number of esters is 1. The van der Waals surface area contributed by atoms with Gasteiger partial charge in [0, 0.05) is 30.7 Å². The lowest BCUT2D eigenvalue weighted by Gasteiger charge is -2.61. The predicted molar refractivity (Wildman–Crippen MR) is 159 cm³/mol.